The Kier molecular flexibility index (Phi) is 4.69. The molecule has 0 radical (unpaired) electrons. The van der Waals surface area contributed by atoms with Crippen molar-refractivity contribution >= 4 is 11.8 Å². The highest BCUT2D eigenvalue weighted by molar-refractivity contribution is 8.00. The van der Waals surface area contributed by atoms with Crippen LogP contribution in [0.1, 0.15) is 64.7 Å². The molecule has 3 fully saturated rings. The Morgan fingerprint density at radius 1 is 1.10 bits per heavy atom. The van der Waals surface area contributed by atoms with Gasteiger partial charge in [-0.15, -0.1) is 0 Å². The lowest BCUT2D eigenvalue weighted by atomic mass is 9.65. The third-order valence-electron chi connectivity index (χ3n) is 6.55. The molecule has 116 valence electrons. The predicted octanol–water partition coefficient (Wildman–Crippen LogP) is 3.65. The minimum Gasteiger partial charge on any atom is -0.329 e. The molecule has 2 nitrogen and oxygen atoms in total. The van der Waals surface area contributed by atoms with Gasteiger partial charge < -0.3 is 5.73 Å². The van der Waals surface area contributed by atoms with Crippen molar-refractivity contribution in [2.45, 2.75) is 75.5 Å². The summed E-state index contributed by atoms with van der Waals surface area (Å²) in [5.41, 5.74) is 7.37. The van der Waals surface area contributed by atoms with Crippen molar-refractivity contribution in [3.05, 3.63) is 0 Å². The molecule has 3 heteroatoms. The molecule has 2 saturated carbocycles. The van der Waals surface area contributed by atoms with Gasteiger partial charge in [0.1, 0.15) is 0 Å². The molecule has 1 aliphatic heterocycles. The van der Waals surface area contributed by atoms with E-state index in [0.29, 0.717) is 5.54 Å². The van der Waals surface area contributed by atoms with Crippen LogP contribution in [-0.4, -0.2) is 41.1 Å². The molecule has 3 rings (SSSR count). The topological polar surface area (TPSA) is 29.3 Å². The molecule has 0 aromatic carbocycles. The maximum absolute atomic E-state index is 6.29. The molecule has 0 aromatic rings. The molecule has 20 heavy (non-hydrogen) atoms. The normalized spacial score (nSPS) is 33.6. The van der Waals surface area contributed by atoms with E-state index < -0.39 is 0 Å². The summed E-state index contributed by atoms with van der Waals surface area (Å²) >= 11 is 2.18. The van der Waals surface area contributed by atoms with Crippen molar-refractivity contribution in [3.63, 3.8) is 0 Å². The van der Waals surface area contributed by atoms with E-state index in [2.05, 4.69) is 23.6 Å². The minimum absolute atomic E-state index is 0.349. The van der Waals surface area contributed by atoms with Gasteiger partial charge >= 0.3 is 0 Å². The second-order valence-electron chi connectivity index (χ2n) is 7.48. The van der Waals surface area contributed by atoms with Gasteiger partial charge in [0.15, 0.2) is 0 Å². The van der Waals surface area contributed by atoms with Crippen molar-refractivity contribution in [3.8, 4) is 0 Å². The van der Waals surface area contributed by atoms with Crippen LogP contribution < -0.4 is 5.73 Å². The summed E-state index contributed by atoms with van der Waals surface area (Å²) in [6.07, 6.45) is 12.9. The Balaban J connectivity index is 1.66. The fourth-order valence-corrected chi connectivity index (χ4v) is 6.10. The van der Waals surface area contributed by atoms with Gasteiger partial charge in [-0.3, -0.25) is 4.90 Å². The zero-order valence-corrected chi connectivity index (χ0v) is 14.0. The Labute approximate surface area is 129 Å². The van der Waals surface area contributed by atoms with Gasteiger partial charge in [0.2, 0.25) is 0 Å². The molecule has 1 spiro atoms. The van der Waals surface area contributed by atoms with Crippen molar-refractivity contribution in [1.29, 1.82) is 0 Å². The molecular weight excluding hydrogens is 264 g/mol. The summed E-state index contributed by atoms with van der Waals surface area (Å²) in [6.45, 7) is 5.77. The first-order valence-electron chi connectivity index (χ1n) is 8.79. The van der Waals surface area contributed by atoms with Gasteiger partial charge in [0, 0.05) is 36.2 Å². The van der Waals surface area contributed by atoms with Crippen molar-refractivity contribution in [2.75, 3.05) is 25.4 Å². The Morgan fingerprint density at radius 3 is 2.40 bits per heavy atom. The lowest BCUT2D eigenvalue weighted by Crippen LogP contribution is -2.60. The molecule has 2 aliphatic carbocycles. The molecule has 1 heterocycles. The fraction of sp³-hybridized carbons (Fsp3) is 1.00. The van der Waals surface area contributed by atoms with E-state index in [-0.39, 0.29) is 0 Å². The summed E-state index contributed by atoms with van der Waals surface area (Å²) in [6, 6.07) is 0. The second kappa shape index (κ2) is 6.18. The summed E-state index contributed by atoms with van der Waals surface area (Å²) in [4.78, 5) is 2.79. The third-order valence-corrected chi connectivity index (χ3v) is 7.92. The van der Waals surface area contributed by atoms with Crippen LogP contribution in [0.25, 0.3) is 0 Å². The van der Waals surface area contributed by atoms with Gasteiger partial charge in [-0.05, 0) is 50.4 Å². The molecular formula is C17H32N2S. The zero-order chi connectivity index (χ0) is 14.1. The van der Waals surface area contributed by atoms with Crippen LogP contribution in [0.15, 0.2) is 0 Å². The lowest BCUT2D eigenvalue weighted by Gasteiger charge is -2.52. The van der Waals surface area contributed by atoms with E-state index >= 15 is 0 Å². The molecule has 0 bridgehead atoms. The molecule has 0 aromatic heterocycles. The van der Waals surface area contributed by atoms with Crippen LogP contribution in [-0.2, 0) is 0 Å². The van der Waals surface area contributed by atoms with E-state index in [0.717, 1.165) is 17.2 Å². The van der Waals surface area contributed by atoms with Crippen LogP contribution in [0.3, 0.4) is 0 Å². The van der Waals surface area contributed by atoms with Gasteiger partial charge in [0.25, 0.3) is 0 Å². The average molecular weight is 297 g/mol. The Bertz CT molecular complexity index is 315. The highest BCUT2D eigenvalue weighted by Crippen LogP contribution is 2.52. The van der Waals surface area contributed by atoms with Crippen LogP contribution in [0.2, 0.25) is 0 Å². The first kappa shape index (κ1) is 15.2. The van der Waals surface area contributed by atoms with Crippen LogP contribution in [0.4, 0.5) is 0 Å². The number of rotatable bonds is 3. The van der Waals surface area contributed by atoms with E-state index in [1.807, 2.05) is 0 Å². The average Bonchev–Trinajstić information content (AvgIpc) is 2.97. The predicted molar refractivity (Wildman–Crippen MR) is 89.3 cm³/mol. The van der Waals surface area contributed by atoms with Gasteiger partial charge in [-0.2, -0.15) is 11.8 Å². The van der Waals surface area contributed by atoms with E-state index in [4.69, 9.17) is 5.73 Å². The van der Waals surface area contributed by atoms with Crippen molar-refractivity contribution in [2.24, 2.45) is 11.1 Å². The minimum atomic E-state index is 0.349. The zero-order valence-electron chi connectivity index (χ0n) is 13.2. The van der Waals surface area contributed by atoms with Gasteiger partial charge in [-0.25, -0.2) is 0 Å². The van der Waals surface area contributed by atoms with Crippen LogP contribution in [0.5, 0.6) is 0 Å². The third kappa shape index (κ3) is 2.78. The number of hydrogen-bond donors (Lipinski definition) is 1. The fourth-order valence-electron chi connectivity index (χ4n) is 4.92. The molecule has 1 atom stereocenters. The molecule has 1 unspecified atom stereocenters. The number of thioether (sulfide) groups is 1. The Morgan fingerprint density at radius 2 is 1.80 bits per heavy atom. The highest BCUT2D eigenvalue weighted by Gasteiger charge is 2.46. The lowest BCUT2D eigenvalue weighted by molar-refractivity contribution is 0.0156. The van der Waals surface area contributed by atoms with Crippen molar-refractivity contribution in [1.82, 2.24) is 4.90 Å². The summed E-state index contributed by atoms with van der Waals surface area (Å²) in [7, 11) is 0. The quantitative estimate of drug-likeness (QED) is 0.862. The Hall–Kier alpha value is 0.270. The monoisotopic (exact) mass is 296 g/mol. The number of nitrogens with two attached hydrogens (primary N) is 1. The summed E-state index contributed by atoms with van der Waals surface area (Å²) in [5.74, 6) is 1.31. The van der Waals surface area contributed by atoms with E-state index in [1.54, 1.807) is 0 Å². The first-order valence-corrected chi connectivity index (χ1v) is 9.84. The molecule has 3 aliphatic rings. The summed E-state index contributed by atoms with van der Waals surface area (Å²) < 4.78 is 0. The molecule has 1 saturated heterocycles. The van der Waals surface area contributed by atoms with Crippen molar-refractivity contribution < 1.29 is 0 Å². The molecule has 2 N–H and O–H groups in total. The summed E-state index contributed by atoms with van der Waals surface area (Å²) in [5, 5.41) is 0.842. The largest absolute Gasteiger partial charge is 0.329 e. The van der Waals surface area contributed by atoms with E-state index in [9.17, 15) is 0 Å². The second-order valence-corrected chi connectivity index (χ2v) is 8.89. The van der Waals surface area contributed by atoms with Gasteiger partial charge in [0.05, 0.1) is 0 Å². The number of hydrogen-bond acceptors (Lipinski definition) is 3. The first-order chi connectivity index (χ1) is 9.72. The van der Waals surface area contributed by atoms with Crippen LogP contribution in [0, 0.1) is 5.41 Å². The van der Waals surface area contributed by atoms with Gasteiger partial charge in [-0.1, -0.05) is 19.8 Å². The van der Waals surface area contributed by atoms with E-state index in [1.165, 1.54) is 76.6 Å². The maximum atomic E-state index is 6.29. The van der Waals surface area contributed by atoms with Crippen LogP contribution >= 0.6 is 11.8 Å². The molecule has 0 amide bonds. The standard InChI is InChI=1S/C17H32N2S/c1-2-15-13-19(11-12-20-15)17(14-18)9-7-16(8-10-17)5-3-4-6-16/h15H,2-14,18H2,1H3. The smallest absolute Gasteiger partial charge is 0.0332 e. The number of nitrogens with zero attached hydrogens (tertiary/aromatic N) is 1. The SMILES string of the molecule is CCC1CN(C2(CN)CCC3(CCCC3)CC2)CCS1. The highest BCUT2D eigenvalue weighted by atomic mass is 32.2. The maximum Gasteiger partial charge on any atom is 0.0332 e.